The highest BCUT2D eigenvalue weighted by atomic mass is 32.2. The Bertz CT molecular complexity index is 699. The van der Waals surface area contributed by atoms with Gasteiger partial charge >= 0.3 is 5.69 Å². The molecular weight excluding hydrogens is 328 g/mol. The number of rotatable bonds is 9. The second-order valence-electron chi connectivity index (χ2n) is 5.27. The van der Waals surface area contributed by atoms with Crippen LogP contribution in [0.5, 0.6) is 0 Å². The SMILES string of the molecule is COCCCn1c(SC(C)C(=O)NCc2ccccc2)n[nH]c1=O. The molecule has 2 N–H and O–H groups in total. The van der Waals surface area contributed by atoms with Crippen molar-refractivity contribution in [1.82, 2.24) is 20.1 Å². The molecule has 24 heavy (non-hydrogen) atoms. The number of aromatic nitrogens is 3. The Labute approximate surface area is 144 Å². The first-order valence-corrected chi connectivity index (χ1v) is 8.62. The molecule has 130 valence electrons. The van der Waals surface area contributed by atoms with E-state index < -0.39 is 0 Å². The molecule has 1 amide bonds. The van der Waals surface area contributed by atoms with Gasteiger partial charge in [-0.3, -0.25) is 9.36 Å². The molecule has 1 heterocycles. The van der Waals surface area contributed by atoms with Crippen LogP contribution in [0.4, 0.5) is 0 Å². The summed E-state index contributed by atoms with van der Waals surface area (Å²) < 4.78 is 6.53. The van der Waals surface area contributed by atoms with Gasteiger partial charge in [0.15, 0.2) is 5.16 Å². The van der Waals surface area contributed by atoms with E-state index in [1.807, 2.05) is 30.3 Å². The van der Waals surface area contributed by atoms with E-state index in [1.165, 1.54) is 16.3 Å². The number of nitrogens with zero attached hydrogens (tertiary/aromatic N) is 2. The van der Waals surface area contributed by atoms with Crippen LogP contribution in [-0.4, -0.2) is 39.6 Å². The molecule has 0 aliphatic rings. The van der Waals surface area contributed by atoms with Crippen LogP contribution < -0.4 is 11.0 Å². The smallest absolute Gasteiger partial charge is 0.343 e. The van der Waals surface area contributed by atoms with E-state index in [-0.39, 0.29) is 16.8 Å². The highest BCUT2D eigenvalue weighted by Crippen LogP contribution is 2.20. The molecule has 1 aromatic heterocycles. The van der Waals surface area contributed by atoms with E-state index in [9.17, 15) is 9.59 Å². The molecule has 0 spiro atoms. The highest BCUT2D eigenvalue weighted by molar-refractivity contribution is 8.00. The third-order valence-electron chi connectivity index (χ3n) is 3.41. The van der Waals surface area contributed by atoms with Crippen molar-refractivity contribution in [2.24, 2.45) is 0 Å². The zero-order chi connectivity index (χ0) is 17.4. The summed E-state index contributed by atoms with van der Waals surface area (Å²) in [6.45, 7) is 3.34. The minimum absolute atomic E-state index is 0.0947. The van der Waals surface area contributed by atoms with Gasteiger partial charge < -0.3 is 10.1 Å². The molecule has 0 saturated carbocycles. The number of hydrogen-bond donors (Lipinski definition) is 2. The molecule has 0 fully saturated rings. The van der Waals surface area contributed by atoms with Crippen LogP contribution in [0.1, 0.15) is 18.9 Å². The number of carbonyl (C=O) groups excluding carboxylic acids is 1. The van der Waals surface area contributed by atoms with Gasteiger partial charge in [-0.15, -0.1) is 5.10 Å². The van der Waals surface area contributed by atoms with Gasteiger partial charge in [0, 0.05) is 26.8 Å². The molecule has 2 rings (SSSR count). The second kappa shape index (κ2) is 9.29. The van der Waals surface area contributed by atoms with Crippen molar-refractivity contribution in [2.45, 2.75) is 36.8 Å². The molecule has 1 unspecified atom stereocenters. The molecule has 2 aromatic rings. The number of nitrogens with one attached hydrogen (secondary N) is 2. The Morgan fingerprint density at radius 3 is 2.88 bits per heavy atom. The van der Waals surface area contributed by atoms with Crippen LogP contribution >= 0.6 is 11.8 Å². The van der Waals surface area contributed by atoms with Gasteiger partial charge in [-0.05, 0) is 18.9 Å². The summed E-state index contributed by atoms with van der Waals surface area (Å²) in [5.41, 5.74) is 0.768. The van der Waals surface area contributed by atoms with Crippen molar-refractivity contribution < 1.29 is 9.53 Å². The molecule has 0 saturated heterocycles. The van der Waals surface area contributed by atoms with Crippen molar-refractivity contribution in [1.29, 1.82) is 0 Å². The number of hydrogen-bond acceptors (Lipinski definition) is 5. The van der Waals surface area contributed by atoms with Crippen LogP contribution in [0, 0.1) is 0 Å². The van der Waals surface area contributed by atoms with Crippen LogP contribution in [0.3, 0.4) is 0 Å². The van der Waals surface area contributed by atoms with Crippen LogP contribution in [-0.2, 0) is 22.6 Å². The van der Waals surface area contributed by atoms with Gasteiger partial charge in [-0.25, -0.2) is 9.89 Å². The van der Waals surface area contributed by atoms with E-state index in [1.54, 1.807) is 14.0 Å². The Morgan fingerprint density at radius 2 is 2.17 bits per heavy atom. The summed E-state index contributed by atoms with van der Waals surface area (Å²) in [7, 11) is 1.62. The topological polar surface area (TPSA) is 89.0 Å². The summed E-state index contributed by atoms with van der Waals surface area (Å²) in [6, 6.07) is 9.72. The maximum atomic E-state index is 12.2. The average molecular weight is 350 g/mol. The van der Waals surface area contributed by atoms with Gasteiger partial charge in [-0.2, -0.15) is 0 Å². The summed E-state index contributed by atoms with van der Waals surface area (Å²) in [6.07, 6.45) is 0.706. The van der Waals surface area contributed by atoms with Gasteiger partial charge in [-0.1, -0.05) is 42.1 Å². The Morgan fingerprint density at radius 1 is 1.42 bits per heavy atom. The minimum atomic E-state index is -0.356. The lowest BCUT2D eigenvalue weighted by Crippen LogP contribution is -2.30. The third kappa shape index (κ3) is 5.24. The lowest BCUT2D eigenvalue weighted by Gasteiger charge is -2.12. The fourth-order valence-corrected chi connectivity index (χ4v) is 3.00. The predicted molar refractivity (Wildman–Crippen MR) is 92.9 cm³/mol. The second-order valence-corrected chi connectivity index (χ2v) is 6.58. The molecule has 0 radical (unpaired) electrons. The maximum Gasteiger partial charge on any atom is 0.343 e. The first-order valence-electron chi connectivity index (χ1n) is 7.74. The number of H-pyrrole nitrogens is 1. The molecule has 0 aliphatic carbocycles. The first kappa shape index (κ1) is 18.3. The van der Waals surface area contributed by atoms with Crippen molar-refractivity contribution >= 4 is 17.7 Å². The van der Waals surface area contributed by atoms with E-state index >= 15 is 0 Å². The summed E-state index contributed by atoms with van der Waals surface area (Å²) >= 11 is 1.26. The zero-order valence-electron chi connectivity index (χ0n) is 13.8. The zero-order valence-corrected chi connectivity index (χ0v) is 14.6. The average Bonchev–Trinajstić information content (AvgIpc) is 2.94. The number of ether oxygens (including phenoxy) is 1. The van der Waals surface area contributed by atoms with Gasteiger partial charge in [0.05, 0.1) is 5.25 Å². The van der Waals surface area contributed by atoms with Gasteiger partial charge in [0.1, 0.15) is 0 Å². The fraction of sp³-hybridized carbons (Fsp3) is 0.438. The van der Waals surface area contributed by atoms with Crippen molar-refractivity contribution in [2.75, 3.05) is 13.7 Å². The standard InChI is InChI=1S/C16H22N4O3S/c1-12(14(21)17-11-13-7-4-3-5-8-13)24-16-19-18-15(22)20(16)9-6-10-23-2/h3-5,7-8,12H,6,9-11H2,1-2H3,(H,17,21)(H,18,22). The van der Waals surface area contributed by atoms with Crippen molar-refractivity contribution in [3.63, 3.8) is 0 Å². The van der Waals surface area contributed by atoms with Crippen molar-refractivity contribution in [3.8, 4) is 0 Å². The van der Waals surface area contributed by atoms with Crippen molar-refractivity contribution in [3.05, 3.63) is 46.4 Å². The number of amides is 1. The Hall–Kier alpha value is -2.06. The van der Waals surface area contributed by atoms with Crippen LogP contribution in [0.2, 0.25) is 0 Å². The molecule has 8 heteroatoms. The first-order chi connectivity index (χ1) is 11.6. The van der Waals surface area contributed by atoms with E-state index in [2.05, 4.69) is 15.5 Å². The molecule has 0 bridgehead atoms. The number of benzene rings is 1. The third-order valence-corrected chi connectivity index (χ3v) is 4.50. The number of methoxy groups -OCH3 is 1. The summed E-state index contributed by atoms with van der Waals surface area (Å²) in [5, 5.41) is 9.48. The lowest BCUT2D eigenvalue weighted by molar-refractivity contribution is -0.120. The van der Waals surface area contributed by atoms with Gasteiger partial charge in [0.25, 0.3) is 0 Å². The van der Waals surface area contributed by atoms with Crippen LogP contribution in [0.15, 0.2) is 40.3 Å². The summed E-state index contributed by atoms with van der Waals surface area (Å²) in [5.74, 6) is -0.0947. The quantitative estimate of drug-likeness (QED) is 0.527. The molecule has 0 aliphatic heterocycles. The predicted octanol–water partition coefficient (Wildman–Crippen LogP) is 1.40. The monoisotopic (exact) mass is 350 g/mol. The Balaban J connectivity index is 1.90. The van der Waals surface area contributed by atoms with E-state index in [0.29, 0.717) is 31.3 Å². The molecule has 7 nitrogen and oxygen atoms in total. The minimum Gasteiger partial charge on any atom is -0.385 e. The molecule has 1 atom stereocenters. The normalized spacial score (nSPS) is 12.1. The number of carbonyl (C=O) groups is 1. The maximum absolute atomic E-state index is 12.2. The van der Waals surface area contributed by atoms with Gasteiger partial charge in [0.2, 0.25) is 5.91 Å². The molecular formula is C16H22N4O3S. The molecule has 1 aromatic carbocycles. The number of aromatic amines is 1. The van der Waals surface area contributed by atoms with E-state index in [0.717, 1.165) is 5.56 Å². The van der Waals surface area contributed by atoms with E-state index in [4.69, 9.17) is 4.74 Å². The number of thioether (sulfide) groups is 1. The lowest BCUT2D eigenvalue weighted by atomic mass is 10.2. The van der Waals surface area contributed by atoms with Crippen LogP contribution in [0.25, 0.3) is 0 Å². The largest absolute Gasteiger partial charge is 0.385 e. The fourth-order valence-electron chi connectivity index (χ4n) is 2.10. The summed E-state index contributed by atoms with van der Waals surface area (Å²) in [4.78, 5) is 24.0. The highest BCUT2D eigenvalue weighted by Gasteiger charge is 2.18. The Kier molecular flexibility index (Phi) is 7.07.